The number of benzene rings is 2. The Morgan fingerprint density at radius 2 is 1.87 bits per heavy atom. The maximum Gasteiger partial charge on any atom is 0.335 e. The van der Waals surface area contributed by atoms with Crippen molar-refractivity contribution in [2.24, 2.45) is 4.99 Å². The van der Waals surface area contributed by atoms with E-state index in [1.807, 2.05) is 6.92 Å². The van der Waals surface area contributed by atoms with E-state index in [4.69, 9.17) is 9.84 Å². The van der Waals surface area contributed by atoms with Gasteiger partial charge in [-0.25, -0.2) is 9.79 Å². The van der Waals surface area contributed by atoms with Crippen molar-refractivity contribution >= 4 is 46.1 Å². The molecule has 2 aromatic carbocycles. The Bertz CT molecular complexity index is 973. The Kier molecular flexibility index (Phi) is 6.73. The minimum atomic E-state index is -1.04. The van der Waals surface area contributed by atoms with Gasteiger partial charge in [0.15, 0.2) is 5.17 Å². The number of carboxylic acid groups (broad SMARTS) is 1. The van der Waals surface area contributed by atoms with Crippen molar-refractivity contribution in [3.05, 3.63) is 54.1 Å². The van der Waals surface area contributed by atoms with Gasteiger partial charge >= 0.3 is 5.97 Å². The highest BCUT2D eigenvalue weighted by atomic mass is 32.2. The first-order chi connectivity index (χ1) is 14.4. The fourth-order valence-electron chi connectivity index (χ4n) is 2.84. The molecule has 1 saturated heterocycles. The molecule has 1 aliphatic heterocycles. The van der Waals surface area contributed by atoms with Crippen molar-refractivity contribution in [1.82, 2.24) is 4.90 Å². The predicted octanol–water partition coefficient (Wildman–Crippen LogP) is 3.37. The molecule has 30 heavy (non-hydrogen) atoms. The standard InChI is InChI=1S/C21H21N3O5S/c1-3-24-18(25)12-17(19(26)22-14-6-4-13(5-7-14)20(27)28)30-21(24)23-15-8-10-16(29-2)11-9-15/h4-11,17H,3,12H2,1-2H3,(H,22,26)(H,27,28)/t17-/m1/s1. The van der Waals surface area contributed by atoms with Gasteiger partial charge in [0.25, 0.3) is 0 Å². The summed E-state index contributed by atoms with van der Waals surface area (Å²) in [6.07, 6.45) is 0.0547. The molecule has 0 bridgehead atoms. The van der Waals surface area contributed by atoms with E-state index in [0.717, 1.165) is 0 Å². The van der Waals surface area contributed by atoms with Crippen LogP contribution in [0.3, 0.4) is 0 Å². The number of aliphatic imine (C=N–C) groups is 1. The summed E-state index contributed by atoms with van der Waals surface area (Å²) in [5.74, 6) is -0.857. The van der Waals surface area contributed by atoms with Crippen molar-refractivity contribution in [2.45, 2.75) is 18.6 Å². The van der Waals surface area contributed by atoms with Crippen molar-refractivity contribution < 1.29 is 24.2 Å². The first-order valence-corrected chi connectivity index (χ1v) is 10.1. The summed E-state index contributed by atoms with van der Waals surface area (Å²) in [5, 5.41) is 11.5. The smallest absolute Gasteiger partial charge is 0.335 e. The molecule has 0 saturated carbocycles. The van der Waals surface area contributed by atoms with Crippen molar-refractivity contribution in [2.75, 3.05) is 19.0 Å². The highest BCUT2D eigenvalue weighted by Crippen LogP contribution is 2.30. The van der Waals surface area contributed by atoms with Crippen LogP contribution >= 0.6 is 11.8 Å². The van der Waals surface area contributed by atoms with Crippen LogP contribution in [0.15, 0.2) is 53.5 Å². The topological polar surface area (TPSA) is 108 Å². The molecule has 0 aromatic heterocycles. The normalized spacial score (nSPS) is 17.7. The Morgan fingerprint density at radius 3 is 2.43 bits per heavy atom. The van der Waals surface area contributed by atoms with E-state index in [0.29, 0.717) is 28.8 Å². The molecule has 1 atom stereocenters. The largest absolute Gasteiger partial charge is 0.497 e. The summed E-state index contributed by atoms with van der Waals surface area (Å²) >= 11 is 1.23. The zero-order valence-electron chi connectivity index (χ0n) is 16.5. The van der Waals surface area contributed by atoms with E-state index in [-0.39, 0.29) is 23.8 Å². The van der Waals surface area contributed by atoms with Gasteiger partial charge in [-0.15, -0.1) is 0 Å². The van der Waals surface area contributed by atoms with Gasteiger partial charge in [-0.2, -0.15) is 0 Å². The predicted molar refractivity (Wildman–Crippen MR) is 116 cm³/mol. The maximum absolute atomic E-state index is 12.7. The number of hydrogen-bond donors (Lipinski definition) is 2. The lowest BCUT2D eigenvalue weighted by atomic mass is 10.2. The number of rotatable bonds is 6. The minimum absolute atomic E-state index is 0.0547. The number of methoxy groups -OCH3 is 1. The molecular formula is C21H21N3O5S. The Balaban J connectivity index is 1.76. The molecule has 3 rings (SSSR count). The minimum Gasteiger partial charge on any atom is -0.497 e. The Labute approximate surface area is 177 Å². The molecule has 2 amide bonds. The van der Waals surface area contributed by atoms with Gasteiger partial charge in [0.2, 0.25) is 11.8 Å². The van der Waals surface area contributed by atoms with Crippen molar-refractivity contribution in [3.8, 4) is 5.75 Å². The molecule has 2 aromatic rings. The molecule has 2 N–H and O–H groups in total. The average Bonchev–Trinajstić information content (AvgIpc) is 2.74. The van der Waals surface area contributed by atoms with E-state index in [1.165, 1.54) is 36.0 Å². The van der Waals surface area contributed by atoms with E-state index in [9.17, 15) is 14.4 Å². The molecule has 1 heterocycles. The van der Waals surface area contributed by atoms with Crippen molar-refractivity contribution in [3.63, 3.8) is 0 Å². The number of nitrogens with one attached hydrogen (secondary N) is 1. The van der Waals surface area contributed by atoms with E-state index < -0.39 is 11.2 Å². The molecular weight excluding hydrogens is 406 g/mol. The maximum atomic E-state index is 12.7. The number of thioether (sulfide) groups is 1. The number of nitrogens with zero attached hydrogens (tertiary/aromatic N) is 2. The third-order valence-corrected chi connectivity index (χ3v) is 5.63. The van der Waals surface area contributed by atoms with E-state index in [2.05, 4.69) is 10.3 Å². The van der Waals surface area contributed by atoms with Gasteiger partial charge < -0.3 is 15.2 Å². The summed E-state index contributed by atoms with van der Waals surface area (Å²) in [6, 6.07) is 12.9. The SMILES string of the molecule is CCN1C(=O)C[C@H](C(=O)Nc2ccc(C(=O)O)cc2)SC1=Nc1ccc(OC)cc1. The van der Waals surface area contributed by atoms with E-state index >= 15 is 0 Å². The molecule has 0 unspecified atom stereocenters. The van der Waals surface area contributed by atoms with Gasteiger partial charge in [-0.05, 0) is 55.5 Å². The third kappa shape index (κ3) is 4.98. The fraction of sp³-hybridized carbons (Fsp3) is 0.238. The number of carbonyl (C=O) groups is 3. The van der Waals surface area contributed by atoms with Crippen LogP contribution < -0.4 is 10.1 Å². The molecule has 0 aliphatic carbocycles. The molecule has 0 radical (unpaired) electrons. The van der Waals surface area contributed by atoms with Gasteiger partial charge in [-0.1, -0.05) is 11.8 Å². The van der Waals surface area contributed by atoms with Crippen LogP contribution in [0.1, 0.15) is 23.7 Å². The molecule has 156 valence electrons. The van der Waals surface area contributed by atoms with Crippen molar-refractivity contribution in [1.29, 1.82) is 0 Å². The quantitative estimate of drug-likeness (QED) is 0.732. The average molecular weight is 427 g/mol. The summed E-state index contributed by atoms with van der Waals surface area (Å²) in [4.78, 5) is 42.4. The monoisotopic (exact) mass is 427 g/mol. The highest BCUT2D eigenvalue weighted by Gasteiger charge is 2.35. The highest BCUT2D eigenvalue weighted by molar-refractivity contribution is 8.15. The van der Waals surface area contributed by atoms with Gasteiger partial charge in [0.1, 0.15) is 11.0 Å². The number of carbonyl (C=O) groups excluding carboxylic acids is 2. The molecule has 9 heteroatoms. The lowest BCUT2D eigenvalue weighted by Crippen LogP contribution is -2.45. The molecule has 1 aliphatic rings. The first-order valence-electron chi connectivity index (χ1n) is 9.25. The zero-order valence-corrected chi connectivity index (χ0v) is 17.3. The summed E-state index contributed by atoms with van der Waals surface area (Å²) in [7, 11) is 1.58. The zero-order chi connectivity index (χ0) is 21.7. The van der Waals surface area contributed by atoms with Crippen LogP contribution in [0, 0.1) is 0 Å². The third-order valence-electron chi connectivity index (χ3n) is 4.44. The van der Waals surface area contributed by atoms with Crippen LogP contribution in [0.4, 0.5) is 11.4 Å². The Hall–Kier alpha value is -3.33. The second-order valence-electron chi connectivity index (χ2n) is 6.41. The van der Waals surface area contributed by atoms with Crippen LogP contribution in [0.2, 0.25) is 0 Å². The number of anilines is 1. The first kappa shape index (κ1) is 21.4. The number of aromatic carboxylic acids is 1. The van der Waals surface area contributed by atoms with Crippen LogP contribution in [0.5, 0.6) is 5.75 Å². The summed E-state index contributed by atoms with van der Waals surface area (Å²) < 4.78 is 5.14. The van der Waals surface area contributed by atoms with Crippen LogP contribution in [-0.4, -0.2) is 51.9 Å². The summed E-state index contributed by atoms with van der Waals surface area (Å²) in [6.45, 7) is 2.30. The number of amides is 2. The number of carboxylic acids is 1. The molecule has 8 nitrogen and oxygen atoms in total. The lowest BCUT2D eigenvalue weighted by molar-refractivity contribution is -0.129. The van der Waals surface area contributed by atoms with Gasteiger partial charge in [-0.3, -0.25) is 14.5 Å². The number of ether oxygens (including phenoxy) is 1. The van der Waals surface area contributed by atoms with E-state index in [1.54, 1.807) is 36.3 Å². The fourth-order valence-corrected chi connectivity index (χ4v) is 4.00. The lowest BCUT2D eigenvalue weighted by Gasteiger charge is -2.30. The summed E-state index contributed by atoms with van der Waals surface area (Å²) in [5.41, 5.74) is 1.24. The second-order valence-corrected chi connectivity index (χ2v) is 7.58. The van der Waals surface area contributed by atoms with Gasteiger partial charge in [0, 0.05) is 18.7 Å². The molecule has 1 fully saturated rings. The van der Waals surface area contributed by atoms with Crippen LogP contribution in [-0.2, 0) is 9.59 Å². The Morgan fingerprint density at radius 1 is 1.20 bits per heavy atom. The number of hydrogen-bond acceptors (Lipinski definition) is 6. The van der Waals surface area contributed by atoms with Gasteiger partial charge in [0.05, 0.1) is 18.4 Å². The second kappa shape index (κ2) is 9.45. The van der Waals surface area contributed by atoms with Crippen LogP contribution in [0.25, 0.3) is 0 Å². The number of amidine groups is 1. The molecule has 0 spiro atoms.